The van der Waals surface area contributed by atoms with Crippen molar-refractivity contribution in [3.63, 3.8) is 0 Å². The molecule has 0 amide bonds. The Labute approximate surface area is 85.8 Å². The zero-order valence-corrected chi connectivity index (χ0v) is 9.88. The molecular formula is C11H20O3. The SMILES string of the molecule is COC(=O)C(C)[C@H](C(C)=O)C(C)(C)C. The van der Waals surface area contributed by atoms with E-state index in [2.05, 4.69) is 4.74 Å². The van der Waals surface area contributed by atoms with Gasteiger partial charge in [-0.3, -0.25) is 9.59 Å². The molecule has 0 aromatic rings. The lowest BCUT2D eigenvalue weighted by molar-refractivity contribution is -0.151. The van der Waals surface area contributed by atoms with Gasteiger partial charge in [0.05, 0.1) is 13.0 Å². The summed E-state index contributed by atoms with van der Waals surface area (Å²) < 4.78 is 4.65. The van der Waals surface area contributed by atoms with E-state index in [9.17, 15) is 9.59 Å². The number of esters is 1. The minimum Gasteiger partial charge on any atom is -0.469 e. The van der Waals surface area contributed by atoms with Gasteiger partial charge in [0, 0.05) is 5.92 Å². The molecular weight excluding hydrogens is 180 g/mol. The van der Waals surface area contributed by atoms with Crippen LogP contribution in [0.2, 0.25) is 0 Å². The molecule has 0 heterocycles. The molecule has 2 atom stereocenters. The highest BCUT2D eigenvalue weighted by molar-refractivity contribution is 5.85. The monoisotopic (exact) mass is 200 g/mol. The number of hydrogen-bond acceptors (Lipinski definition) is 3. The van der Waals surface area contributed by atoms with Crippen molar-refractivity contribution in [1.29, 1.82) is 0 Å². The third kappa shape index (κ3) is 3.13. The van der Waals surface area contributed by atoms with Crippen LogP contribution in [0.15, 0.2) is 0 Å². The smallest absolute Gasteiger partial charge is 0.309 e. The van der Waals surface area contributed by atoms with Gasteiger partial charge in [-0.2, -0.15) is 0 Å². The van der Waals surface area contributed by atoms with Crippen LogP contribution < -0.4 is 0 Å². The molecule has 3 nitrogen and oxygen atoms in total. The Morgan fingerprint density at radius 1 is 1.21 bits per heavy atom. The summed E-state index contributed by atoms with van der Waals surface area (Å²) in [6, 6.07) is 0. The van der Waals surface area contributed by atoms with Crippen molar-refractivity contribution in [1.82, 2.24) is 0 Å². The Balaban J connectivity index is 4.85. The number of ether oxygens (including phenoxy) is 1. The second-order valence-electron chi connectivity index (χ2n) is 4.77. The first-order valence-corrected chi connectivity index (χ1v) is 4.80. The molecule has 0 N–H and O–H groups in total. The van der Waals surface area contributed by atoms with E-state index in [1.54, 1.807) is 6.92 Å². The summed E-state index contributed by atoms with van der Waals surface area (Å²) in [4.78, 5) is 22.8. The molecule has 0 aliphatic heterocycles. The third-order valence-corrected chi connectivity index (χ3v) is 2.44. The molecule has 0 aliphatic carbocycles. The lowest BCUT2D eigenvalue weighted by Gasteiger charge is -2.31. The maximum absolute atomic E-state index is 11.4. The Hall–Kier alpha value is -0.860. The average molecular weight is 200 g/mol. The van der Waals surface area contributed by atoms with E-state index in [-0.39, 0.29) is 29.0 Å². The predicted molar refractivity (Wildman–Crippen MR) is 54.8 cm³/mol. The van der Waals surface area contributed by atoms with E-state index >= 15 is 0 Å². The number of methoxy groups -OCH3 is 1. The summed E-state index contributed by atoms with van der Waals surface area (Å²) in [5.41, 5.74) is -0.209. The van der Waals surface area contributed by atoms with Crippen molar-refractivity contribution in [2.75, 3.05) is 7.11 Å². The zero-order chi connectivity index (χ0) is 11.5. The van der Waals surface area contributed by atoms with E-state index in [1.807, 2.05) is 20.8 Å². The van der Waals surface area contributed by atoms with E-state index in [4.69, 9.17) is 0 Å². The Kier molecular flexibility index (Phi) is 4.30. The number of rotatable bonds is 3. The summed E-state index contributed by atoms with van der Waals surface area (Å²) in [6.45, 7) is 9.13. The average Bonchev–Trinajstić information content (AvgIpc) is 1.99. The Bertz CT molecular complexity index is 225. The summed E-state index contributed by atoms with van der Waals surface area (Å²) >= 11 is 0. The van der Waals surface area contributed by atoms with Gasteiger partial charge >= 0.3 is 5.97 Å². The fourth-order valence-corrected chi connectivity index (χ4v) is 2.03. The van der Waals surface area contributed by atoms with Gasteiger partial charge in [-0.15, -0.1) is 0 Å². The van der Waals surface area contributed by atoms with Gasteiger partial charge in [-0.05, 0) is 12.3 Å². The molecule has 1 unspecified atom stereocenters. The van der Waals surface area contributed by atoms with Crippen molar-refractivity contribution >= 4 is 11.8 Å². The zero-order valence-electron chi connectivity index (χ0n) is 9.88. The largest absolute Gasteiger partial charge is 0.469 e. The van der Waals surface area contributed by atoms with E-state index in [0.29, 0.717) is 0 Å². The maximum Gasteiger partial charge on any atom is 0.309 e. The minimum absolute atomic E-state index is 0.0374. The van der Waals surface area contributed by atoms with Crippen molar-refractivity contribution in [2.45, 2.75) is 34.6 Å². The van der Waals surface area contributed by atoms with Gasteiger partial charge in [-0.1, -0.05) is 27.7 Å². The number of hydrogen-bond donors (Lipinski definition) is 0. The van der Waals surface area contributed by atoms with Gasteiger partial charge in [-0.25, -0.2) is 0 Å². The standard InChI is InChI=1S/C11H20O3/c1-7(10(13)14-6)9(8(2)12)11(3,4)5/h7,9H,1-6H3/t7?,9-/m1/s1. The molecule has 3 heteroatoms. The number of carbonyl (C=O) groups excluding carboxylic acids is 2. The summed E-state index contributed by atoms with van der Waals surface area (Å²) in [6.07, 6.45) is 0. The number of ketones is 1. The van der Waals surface area contributed by atoms with E-state index < -0.39 is 0 Å². The first-order valence-electron chi connectivity index (χ1n) is 4.80. The predicted octanol–water partition coefficient (Wildman–Crippen LogP) is 2.05. The highest BCUT2D eigenvalue weighted by atomic mass is 16.5. The molecule has 0 saturated heterocycles. The van der Waals surface area contributed by atoms with Crippen LogP contribution in [-0.4, -0.2) is 18.9 Å². The molecule has 82 valence electrons. The quantitative estimate of drug-likeness (QED) is 0.655. The Morgan fingerprint density at radius 3 is 1.86 bits per heavy atom. The van der Waals surface area contributed by atoms with Gasteiger partial charge in [0.2, 0.25) is 0 Å². The van der Waals surface area contributed by atoms with Crippen LogP contribution in [-0.2, 0) is 14.3 Å². The topological polar surface area (TPSA) is 43.4 Å². The van der Waals surface area contributed by atoms with Gasteiger partial charge in [0.25, 0.3) is 0 Å². The first-order chi connectivity index (χ1) is 6.21. The summed E-state index contributed by atoms with van der Waals surface area (Å²) in [5, 5.41) is 0. The van der Waals surface area contributed by atoms with Crippen LogP contribution in [0.1, 0.15) is 34.6 Å². The fraction of sp³-hybridized carbons (Fsp3) is 0.818. The highest BCUT2D eigenvalue weighted by Crippen LogP contribution is 2.33. The van der Waals surface area contributed by atoms with Crippen molar-refractivity contribution < 1.29 is 14.3 Å². The highest BCUT2D eigenvalue weighted by Gasteiger charge is 2.37. The molecule has 0 radical (unpaired) electrons. The van der Waals surface area contributed by atoms with E-state index in [0.717, 1.165) is 0 Å². The Morgan fingerprint density at radius 2 is 1.64 bits per heavy atom. The normalized spacial score (nSPS) is 15.9. The van der Waals surface area contributed by atoms with Crippen LogP contribution in [0.25, 0.3) is 0 Å². The molecule has 0 fully saturated rings. The molecule has 0 spiro atoms. The van der Waals surface area contributed by atoms with E-state index in [1.165, 1.54) is 14.0 Å². The van der Waals surface area contributed by atoms with Gasteiger partial charge in [0.15, 0.2) is 0 Å². The van der Waals surface area contributed by atoms with Gasteiger partial charge in [0.1, 0.15) is 5.78 Å². The molecule has 14 heavy (non-hydrogen) atoms. The third-order valence-electron chi connectivity index (χ3n) is 2.44. The fourth-order valence-electron chi connectivity index (χ4n) is 2.03. The molecule has 0 bridgehead atoms. The van der Waals surface area contributed by atoms with Crippen LogP contribution in [0, 0.1) is 17.3 Å². The van der Waals surface area contributed by atoms with Crippen molar-refractivity contribution in [2.24, 2.45) is 17.3 Å². The number of Topliss-reactive ketones (excluding diaryl/α,β-unsaturated/α-hetero) is 1. The molecule has 0 aromatic carbocycles. The second-order valence-corrected chi connectivity index (χ2v) is 4.77. The molecule has 0 aliphatic rings. The second kappa shape index (κ2) is 4.58. The molecule has 0 saturated carbocycles. The van der Waals surface area contributed by atoms with Crippen LogP contribution in [0.4, 0.5) is 0 Å². The van der Waals surface area contributed by atoms with Crippen LogP contribution in [0.5, 0.6) is 0 Å². The van der Waals surface area contributed by atoms with Gasteiger partial charge < -0.3 is 4.74 Å². The lowest BCUT2D eigenvalue weighted by atomic mass is 9.72. The first kappa shape index (κ1) is 13.1. The minimum atomic E-state index is -0.377. The van der Waals surface area contributed by atoms with Crippen LogP contribution >= 0.6 is 0 Å². The lowest BCUT2D eigenvalue weighted by Crippen LogP contribution is -2.36. The van der Waals surface area contributed by atoms with Crippen molar-refractivity contribution in [3.05, 3.63) is 0 Å². The van der Waals surface area contributed by atoms with Crippen LogP contribution in [0.3, 0.4) is 0 Å². The maximum atomic E-state index is 11.4. The van der Waals surface area contributed by atoms with Crippen molar-refractivity contribution in [3.8, 4) is 0 Å². The number of carbonyl (C=O) groups is 2. The summed E-state index contributed by atoms with van der Waals surface area (Å²) in [7, 11) is 1.35. The molecule has 0 rings (SSSR count). The molecule has 0 aromatic heterocycles. The summed E-state index contributed by atoms with van der Waals surface area (Å²) in [5.74, 6) is -0.942.